The maximum Gasteiger partial charge on any atom is 0.252 e. The Kier molecular flexibility index (Phi) is 3.52. The SMILES string of the molecule is CN(Cc1ccoc1)S(=O)(=O)c1ccc(C#N)s1. The van der Waals surface area contributed by atoms with Crippen LogP contribution in [-0.4, -0.2) is 19.8 Å². The molecule has 0 saturated heterocycles. The maximum absolute atomic E-state index is 12.2. The van der Waals surface area contributed by atoms with Crippen LogP contribution >= 0.6 is 11.3 Å². The molecule has 0 fully saturated rings. The van der Waals surface area contributed by atoms with Crippen LogP contribution in [0.3, 0.4) is 0 Å². The molecule has 2 rings (SSSR count). The van der Waals surface area contributed by atoms with E-state index in [1.165, 1.54) is 36.0 Å². The summed E-state index contributed by atoms with van der Waals surface area (Å²) in [4.78, 5) is 0.380. The van der Waals surface area contributed by atoms with Crippen LogP contribution < -0.4 is 0 Å². The van der Waals surface area contributed by atoms with Gasteiger partial charge in [-0.25, -0.2) is 8.42 Å². The first kappa shape index (κ1) is 12.8. The van der Waals surface area contributed by atoms with Crippen molar-refractivity contribution in [2.45, 2.75) is 10.8 Å². The number of thiophene rings is 1. The van der Waals surface area contributed by atoms with Gasteiger partial charge in [0.2, 0.25) is 0 Å². The zero-order valence-corrected chi connectivity index (χ0v) is 11.2. The molecule has 0 aliphatic heterocycles. The van der Waals surface area contributed by atoms with Crippen molar-refractivity contribution in [1.29, 1.82) is 5.26 Å². The first-order valence-corrected chi connectivity index (χ1v) is 7.27. The van der Waals surface area contributed by atoms with Crippen LogP contribution in [0.15, 0.2) is 39.4 Å². The van der Waals surface area contributed by atoms with Crippen molar-refractivity contribution in [2.24, 2.45) is 0 Å². The molecule has 5 nitrogen and oxygen atoms in total. The van der Waals surface area contributed by atoms with E-state index >= 15 is 0 Å². The first-order valence-electron chi connectivity index (χ1n) is 5.01. The summed E-state index contributed by atoms with van der Waals surface area (Å²) in [6.07, 6.45) is 3.00. The molecule has 0 saturated carbocycles. The van der Waals surface area contributed by atoms with E-state index in [1.807, 2.05) is 6.07 Å². The standard InChI is InChI=1S/C11H10N2O3S2/c1-13(7-9-4-5-16-8-9)18(14,15)11-3-2-10(6-12)17-11/h2-5,8H,7H2,1H3. The van der Waals surface area contributed by atoms with Crippen LogP contribution in [0.4, 0.5) is 0 Å². The maximum atomic E-state index is 12.2. The van der Waals surface area contributed by atoms with E-state index in [2.05, 4.69) is 0 Å². The lowest BCUT2D eigenvalue weighted by Gasteiger charge is -2.14. The number of nitrogens with zero attached hydrogens (tertiary/aromatic N) is 2. The minimum Gasteiger partial charge on any atom is -0.472 e. The van der Waals surface area contributed by atoms with Gasteiger partial charge >= 0.3 is 0 Å². The monoisotopic (exact) mass is 282 g/mol. The Labute approximate surface area is 109 Å². The summed E-state index contributed by atoms with van der Waals surface area (Å²) >= 11 is 0.967. The van der Waals surface area contributed by atoms with Gasteiger partial charge in [0.25, 0.3) is 10.0 Å². The fraction of sp³-hybridized carbons (Fsp3) is 0.182. The van der Waals surface area contributed by atoms with Crippen molar-refractivity contribution in [3.63, 3.8) is 0 Å². The summed E-state index contributed by atoms with van der Waals surface area (Å²) in [6, 6.07) is 6.59. The minimum atomic E-state index is -3.55. The summed E-state index contributed by atoms with van der Waals surface area (Å²) < 4.78 is 30.7. The molecule has 7 heteroatoms. The van der Waals surface area contributed by atoms with Gasteiger partial charge in [0.05, 0.1) is 12.5 Å². The van der Waals surface area contributed by atoms with Crippen LogP contribution in [0.5, 0.6) is 0 Å². The largest absolute Gasteiger partial charge is 0.472 e. The molecule has 0 radical (unpaired) electrons. The normalized spacial score (nSPS) is 11.6. The van der Waals surface area contributed by atoms with Crippen LogP contribution in [0.1, 0.15) is 10.4 Å². The average molecular weight is 282 g/mol. The third-order valence-electron chi connectivity index (χ3n) is 2.34. The Bertz CT molecular complexity index is 665. The molecular formula is C11H10N2O3S2. The second kappa shape index (κ2) is 4.94. The van der Waals surface area contributed by atoms with Gasteiger partial charge in [0.1, 0.15) is 15.2 Å². The van der Waals surface area contributed by atoms with Crippen molar-refractivity contribution in [3.8, 4) is 6.07 Å². The van der Waals surface area contributed by atoms with Crippen LogP contribution in [0.2, 0.25) is 0 Å². The van der Waals surface area contributed by atoms with Gasteiger partial charge in [0, 0.05) is 19.2 Å². The predicted molar refractivity (Wildman–Crippen MR) is 66.4 cm³/mol. The van der Waals surface area contributed by atoms with E-state index in [0.717, 1.165) is 16.9 Å². The second-order valence-corrected chi connectivity index (χ2v) is 6.98. The van der Waals surface area contributed by atoms with Gasteiger partial charge in [-0.3, -0.25) is 0 Å². The molecule has 0 amide bonds. The van der Waals surface area contributed by atoms with Gasteiger partial charge in [-0.05, 0) is 18.2 Å². The molecule has 18 heavy (non-hydrogen) atoms. The van der Waals surface area contributed by atoms with E-state index in [9.17, 15) is 8.42 Å². The van der Waals surface area contributed by atoms with E-state index < -0.39 is 10.0 Å². The number of sulfonamides is 1. The highest BCUT2D eigenvalue weighted by Crippen LogP contribution is 2.24. The number of rotatable bonds is 4. The van der Waals surface area contributed by atoms with Crippen molar-refractivity contribution >= 4 is 21.4 Å². The fourth-order valence-corrected chi connectivity index (χ4v) is 3.87. The van der Waals surface area contributed by atoms with Gasteiger partial charge < -0.3 is 4.42 Å². The molecule has 94 valence electrons. The van der Waals surface area contributed by atoms with Gasteiger partial charge in [-0.15, -0.1) is 11.3 Å². The Hall–Kier alpha value is -1.62. The smallest absolute Gasteiger partial charge is 0.252 e. The predicted octanol–water partition coefficient (Wildman–Crippen LogP) is 2.03. The molecule has 0 aliphatic rings. The first-order chi connectivity index (χ1) is 8.54. The van der Waals surface area contributed by atoms with Gasteiger partial charge in [-0.1, -0.05) is 0 Å². The van der Waals surface area contributed by atoms with Crippen molar-refractivity contribution in [2.75, 3.05) is 7.05 Å². The quantitative estimate of drug-likeness (QED) is 0.860. The summed E-state index contributed by atoms with van der Waals surface area (Å²) in [5.74, 6) is 0. The molecule has 2 heterocycles. The zero-order valence-electron chi connectivity index (χ0n) is 9.53. The molecule has 0 N–H and O–H groups in total. The Morgan fingerprint density at radius 3 is 2.78 bits per heavy atom. The highest BCUT2D eigenvalue weighted by atomic mass is 32.2. The van der Waals surface area contributed by atoms with Gasteiger partial charge in [-0.2, -0.15) is 9.57 Å². The summed E-state index contributed by atoms with van der Waals surface area (Å²) in [7, 11) is -2.05. The lowest BCUT2D eigenvalue weighted by Crippen LogP contribution is -2.25. The minimum absolute atomic E-state index is 0.171. The Morgan fingerprint density at radius 2 is 2.22 bits per heavy atom. The number of nitriles is 1. The van der Waals surface area contributed by atoms with E-state index in [1.54, 1.807) is 6.07 Å². The number of hydrogen-bond donors (Lipinski definition) is 0. The molecule has 0 unspecified atom stereocenters. The summed E-state index contributed by atoms with van der Waals surface area (Å²) in [6.45, 7) is 0.235. The van der Waals surface area contributed by atoms with Gasteiger partial charge in [0.15, 0.2) is 0 Å². The van der Waals surface area contributed by atoms with Crippen LogP contribution in [0.25, 0.3) is 0 Å². The summed E-state index contributed by atoms with van der Waals surface area (Å²) in [5, 5.41) is 8.70. The molecule has 2 aromatic rings. The molecule has 2 aromatic heterocycles. The lowest BCUT2D eigenvalue weighted by molar-refractivity contribution is 0.465. The Morgan fingerprint density at radius 1 is 1.44 bits per heavy atom. The third-order valence-corrected chi connectivity index (χ3v) is 5.60. The highest BCUT2D eigenvalue weighted by molar-refractivity contribution is 7.91. The lowest BCUT2D eigenvalue weighted by atomic mass is 10.3. The van der Waals surface area contributed by atoms with E-state index in [4.69, 9.17) is 9.68 Å². The fourth-order valence-electron chi connectivity index (χ4n) is 1.40. The number of furan rings is 1. The van der Waals surface area contributed by atoms with Crippen molar-refractivity contribution < 1.29 is 12.8 Å². The Balaban J connectivity index is 2.23. The van der Waals surface area contributed by atoms with Crippen LogP contribution in [-0.2, 0) is 16.6 Å². The third kappa shape index (κ3) is 2.46. The molecule has 0 atom stereocenters. The molecule has 0 bridgehead atoms. The average Bonchev–Trinajstić information content (AvgIpc) is 2.99. The molecule has 0 aromatic carbocycles. The van der Waals surface area contributed by atoms with Crippen molar-refractivity contribution in [1.82, 2.24) is 4.31 Å². The molecule has 0 spiro atoms. The highest BCUT2D eigenvalue weighted by Gasteiger charge is 2.23. The second-order valence-electron chi connectivity index (χ2n) is 3.62. The topological polar surface area (TPSA) is 74.3 Å². The summed E-state index contributed by atoms with van der Waals surface area (Å²) in [5.41, 5.74) is 0.776. The molecule has 0 aliphatic carbocycles. The zero-order chi connectivity index (χ0) is 13.2. The van der Waals surface area contributed by atoms with E-state index in [0.29, 0.717) is 4.88 Å². The van der Waals surface area contributed by atoms with E-state index in [-0.39, 0.29) is 10.8 Å². The molecular weight excluding hydrogens is 272 g/mol. The van der Waals surface area contributed by atoms with Crippen LogP contribution in [0, 0.1) is 11.3 Å². The number of hydrogen-bond acceptors (Lipinski definition) is 5. The van der Waals surface area contributed by atoms with Crippen molar-refractivity contribution in [3.05, 3.63) is 41.2 Å².